The van der Waals surface area contributed by atoms with E-state index in [-0.39, 0.29) is 0 Å². The molecule has 0 amide bonds. The summed E-state index contributed by atoms with van der Waals surface area (Å²) in [5.74, 6) is 0. The zero-order valence-corrected chi connectivity index (χ0v) is 20.4. The number of likely N-dealkylation sites (N-methyl/N-ethyl adjacent to an activating group) is 2. The van der Waals surface area contributed by atoms with Crippen LogP contribution in [0.5, 0.6) is 0 Å². The van der Waals surface area contributed by atoms with Crippen LogP contribution in [0.25, 0.3) is 0 Å². The summed E-state index contributed by atoms with van der Waals surface area (Å²) in [6.07, 6.45) is 29.8. The molecule has 0 saturated carbocycles. The molecule has 30 heavy (non-hydrogen) atoms. The summed E-state index contributed by atoms with van der Waals surface area (Å²) in [6, 6.07) is 0. The molecule has 0 aliphatic heterocycles. The molecule has 0 bridgehead atoms. The maximum Gasteiger partial charge on any atom is 0.0160 e. The van der Waals surface area contributed by atoms with E-state index in [0.717, 1.165) is 13.1 Å². The third-order valence-electron chi connectivity index (χ3n) is 3.97. The summed E-state index contributed by atoms with van der Waals surface area (Å²) in [4.78, 5) is 4.29. The first-order chi connectivity index (χ1) is 14.2. The molecule has 0 saturated heterocycles. The van der Waals surface area contributed by atoms with Crippen molar-refractivity contribution in [2.24, 2.45) is 0 Å². The zero-order valence-electron chi connectivity index (χ0n) is 20.4. The maximum atomic E-state index is 2.17. The summed E-state index contributed by atoms with van der Waals surface area (Å²) in [6.45, 7) is 10.4. The molecule has 0 N–H and O–H groups in total. The van der Waals surface area contributed by atoms with Crippen molar-refractivity contribution >= 4 is 0 Å². The maximum absolute atomic E-state index is 2.17. The predicted molar refractivity (Wildman–Crippen MR) is 138 cm³/mol. The van der Waals surface area contributed by atoms with Crippen molar-refractivity contribution in [3.05, 3.63) is 107 Å². The fourth-order valence-electron chi connectivity index (χ4n) is 2.24. The molecule has 2 nitrogen and oxygen atoms in total. The van der Waals surface area contributed by atoms with Gasteiger partial charge in [0, 0.05) is 13.1 Å². The van der Waals surface area contributed by atoms with Gasteiger partial charge < -0.3 is 9.80 Å². The van der Waals surface area contributed by atoms with Crippen LogP contribution in [0.1, 0.15) is 27.7 Å². The highest BCUT2D eigenvalue weighted by molar-refractivity contribution is 5.31. The topological polar surface area (TPSA) is 6.48 Å². The van der Waals surface area contributed by atoms with Gasteiger partial charge in [0.15, 0.2) is 0 Å². The molecule has 0 spiro atoms. The quantitative estimate of drug-likeness (QED) is 0.334. The molecule has 0 aromatic carbocycles. The van der Waals surface area contributed by atoms with Crippen LogP contribution in [0.15, 0.2) is 107 Å². The second-order valence-electron chi connectivity index (χ2n) is 8.08. The second-order valence-corrected chi connectivity index (χ2v) is 8.08. The summed E-state index contributed by atoms with van der Waals surface area (Å²) in [5, 5.41) is 0. The number of rotatable bonds is 12. The first-order valence-corrected chi connectivity index (χ1v) is 10.5. The van der Waals surface area contributed by atoms with Crippen molar-refractivity contribution in [2.75, 3.05) is 41.3 Å². The van der Waals surface area contributed by atoms with E-state index in [9.17, 15) is 0 Å². The Morgan fingerprint density at radius 1 is 0.467 bits per heavy atom. The van der Waals surface area contributed by atoms with Crippen molar-refractivity contribution in [1.82, 2.24) is 9.80 Å². The predicted octanol–water partition coefficient (Wildman–Crippen LogP) is 6.68. The van der Waals surface area contributed by atoms with Crippen LogP contribution in [-0.4, -0.2) is 51.1 Å². The van der Waals surface area contributed by atoms with E-state index in [4.69, 9.17) is 0 Å². The second kappa shape index (κ2) is 17.4. The highest BCUT2D eigenvalue weighted by atomic mass is 15.0. The molecule has 0 atom stereocenters. The Balaban J connectivity index is 4.57. The zero-order chi connectivity index (χ0) is 22.8. The SMILES string of the molecule is CC(/C=C/C=C(C)/C=C/CN(C)C)=C\C=C\C=C(C)\C=C\C=C(C)\C=C\CN(C)C. The molecule has 0 aliphatic carbocycles. The average Bonchev–Trinajstić information content (AvgIpc) is 2.64. The molecule has 0 heterocycles. The molecule has 0 radical (unpaired) electrons. The number of hydrogen-bond acceptors (Lipinski definition) is 2. The first kappa shape index (κ1) is 27.6. The van der Waals surface area contributed by atoms with Gasteiger partial charge in [-0.1, -0.05) is 107 Å². The lowest BCUT2D eigenvalue weighted by molar-refractivity contribution is 0.456. The van der Waals surface area contributed by atoms with Gasteiger partial charge in [-0.25, -0.2) is 0 Å². The fourth-order valence-corrected chi connectivity index (χ4v) is 2.24. The summed E-state index contributed by atoms with van der Waals surface area (Å²) < 4.78 is 0. The minimum absolute atomic E-state index is 0.963. The van der Waals surface area contributed by atoms with Crippen LogP contribution >= 0.6 is 0 Å². The van der Waals surface area contributed by atoms with E-state index in [1.165, 1.54) is 22.3 Å². The van der Waals surface area contributed by atoms with Gasteiger partial charge in [-0.15, -0.1) is 0 Å². The van der Waals surface area contributed by atoms with Gasteiger partial charge in [-0.05, 0) is 55.9 Å². The lowest BCUT2D eigenvalue weighted by Crippen LogP contribution is -2.10. The van der Waals surface area contributed by atoms with Gasteiger partial charge in [0.2, 0.25) is 0 Å². The van der Waals surface area contributed by atoms with Gasteiger partial charge in [0.05, 0.1) is 0 Å². The summed E-state index contributed by atoms with van der Waals surface area (Å²) >= 11 is 0. The van der Waals surface area contributed by atoms with Crippen molar-refractivity contribution in [3.8, 4) is 0 Å². The smallest absolute Gasteiger partial charge is 0.0160 e. The highest BCUT2D eigenvalue weighted by Crippen LogP contribution is 2.02. The largest absolute Gasteiger partial charge is 0.306 e. The van der Waals surface area contributed by atoms with E-state index in [1.807, 2.05) is 0 Å². The number of hydrogen-bond donors (Lipinski definition) is 0. The molecule has 0 aliphatic rings. The minimum atomic E-state index is 0.963. The van der Waals surface area contributed by atoms with Crippen molar-refractivity contribution in [1.29, 1.82) is 0 Å². The Kier molecular flexibility index (Phi) is 16.0. The Hall–Kier alpha value is -2.42. The van der Waals surface area contributed by atoms with Gasteiger partial charge in [-0.2, -0.15) is 0 Å². The van der Waals surface area contributed by atoms with Crippen LogP contribution in [0.3, 0.4) is 0 Å². The molecule has 164 valence electrons. The first-order valence-electron chi connectivity index (χ1n) is 10.5. The highest BCUT2D eigenvalue weighted by Gasteiger charge is 1.85. The van der Waals surface area contributed by atoms with Crippen LogP contribution in [-0.2, 0) is 0 Å². The Morgan fingerprint density at radius 2 is 0.767 bits per heavy atom. The van der Waals surface area contributed by atoms with E-state index in [1.54, 1.807) is 0 Å². The van der Waals surface area contributed by atoms with E-state index < -0.39 is 0 Å². The van der Waals surface area contributed by atoms with E-state index in [2.05, 4.69) is 151 Å². The van der Waals surface area contributed by atoms with Crippen LogP contribution < -0.4 is 0 Å². The minimum Gasteiger partial charge on any atom is -0.306 e. The standard InChI is InChI=1S/C28H42N2/c1-25(17-11-19-27(3)21-13-23-29(5)6)15-9-10-16-26(2)18-12-20-28(4)22-14-24-30(7)8/h9-22H,23-24H2,1-8H3/b10-9+,17-11+,18-12+,21-13+,22-14+,25-15+,26-16+,27-19+,28-20+. The monoisotopic (exact) mass is 406 g/mol. The third kappa shape index (κ3) is 18.9. The van der Waals surface area contributed by atoms with Gasteiger partial charge in [0.1, 0.15) is 0 Å². The van der Waals surface area contributed by atoms with E-state index >= 15 is 0 Å². The molecule has 0 aromatic rings. The van der Waals surface area contributed by atoms with Gasteiger partial charge in [0.25, 0.3) is 0 Å². The lowest BCUT2D eigenvalue weighted by Gasteiger charge is -2.03. The molecule has 2 heteroatoms. The molecule has 0 aromatic heterocycles. The lowest BCUT2D eigenvalue weighted by atomic mass is 10.2. The van der Waals surface area contributed by atoms with Gasteiger partial charge >= 0.3 is 0 Å². The summed E-state index contributed by atoms with van der Waals surface area (Å²) in [7, 11) is 8.29. The number of nitrogens with zero attached hydrogens (tertiary/aromatic N) is 2. The van der Waals surface area contributed by atoms with Crippen molar-refractivity contribution in [2.45, 2.75) is 27.7 Å². The molecule has 0 rings (SSSR count). The van der Waals surface area contributed by atoms with Gasteiger partial charge in [-0.3, -0.25) is 0 Å². The normalized spacial score (nSPS) is 15.7. The van der Waals surface area contributed by atoms with E-state index in [0.29, 0.717) is 0 Å². The molecular formula is C28H42N2. The van der Waals surface area contributed by atoms with Crippen molar-refractivity contribution in [3.63, 3.8) is 0 Å². The van der Waals surface area contributed by atoms with Crippen molar-refractivity contribution < 1.29 is 0 Å². The Labute approximate surface area is 186 Å². The Morgan fingerprint density at radius 3 is 1.10 bits per heavy atom. The third-order valence-corrected chi connectivity index (χ3v) is 3.97. The number of allylic oxidation sites excluding steroid dienone is 16. The Bertz CT molecular complexity index is 682. The van der Waals surface area contributed by atoms with Crippen LogP contribution in [0.2, 0.25) is 0 Å². The molecule has 0 fully saturated rings. The van der Waals surface area contributed by atoms with Crippen LogP contribution in [0.4, 0.5) is 0 Å². The van der Waals surface area contributed by atoms with Crippen LogP contribution in [0, 0.1) is 0 Å². The summed E-state index contributed by atoms with van der Waals surface area (Å²) in [5.41, 5.74) is 4.94. The molecule has 0 unspecified atom stereocenters. The average molecular weight is 407 g/mol. The fraction of sp³-hybridized carbons (Fsp3) is 0.357. The molecular weight excluding hydrogens is 364 g/mol.